The van der Waals surface area contributed by atoms with Crippen LogP contribution in [-0.4, -0.2) is 35.6 Å². The number of hydrogen-bond donors (Lipinski definition) is 0. The van der Waals surface area contributed by atoms with Crippen LogP contribution in [-0.2, 0) is 15.9 Å². The number of ether oxygens (including phenoxy) is 3. The molecule has 0 radical (unpaired) electrons. The second-order valence-electron chi connectivity index (χ2n) is 10.5. The minimum atomic E-state index is -0.210. The van der Waals surface area contributed by atoms with Crippen LogP contribution in [0.1, 0.15) is 116 Å². The maximum atomic E-state index is 6.35. The zero-order valence-corrected chi connectivity index (χ0v) is 23.5. The maximum Gasteiger partial charge on any atom is 0.200 e. The van der Waals surface area contributed by atoms with Crippen molar-refractivity contribution in [1.82, 2.24) is 9.97 Å². The number of aryl methyl sites for hydroxylation is 1. The van der Waals surface area contributed by atoms with Crippen LogP contribution in [0.2, 0.25) is 0 Å². The van der Waals surface area contributed by atoms with Gasteiger partial charge in [0.2, 0.25) is 0 Å². The first-order valence-electron chi connectivity index (χ1n) is 15.1. The van der Waals surface area contributed by atoms with Crippen LogP contribution >= 0.6 is 0 Å². The Morgan fingerprint density at radius 1 is 0.784 bits per heavy atom. The van der Waals surface area contributed by atoms with Crippen molar-refractivity contribution < 1.29 is 14.2 Å². The first-order valence-corrected chi connectivity index (χ1v) is 15.1. The van der Waals surface area contributed by atoms with Crippen molar-refractivity contribution in [1.29, 1.82) is 0 Å². The summed E-state index contributed by atoms with van der Waals surface area (Å²) in [7, 11) is 0. The van der Waals surface area contributed by atoms with Crippen LogP contribution in [0.4, 0.5) is 0 Å². The fraction of sp³-hybridized carbons (Fsp3) is 0.688. The van der Waals surface area contributed by atoms with Gasteiger partial charge in [-0.1, -0.05) is 78.1 Å². The molecule has 37 heavy (non-hydrogen) atoms. The normalized spacial score (nSPS) is 15.1. The summed E-state index contributed by atoms with van der Waals surface area (Å²) in [6, 6.07) is 8.12. The Morgan fingerprint density at radius 3 is 2.03 bits per heavy atom. The molecule has 1 aliphatic heterocycles. The van der Waals surface area contributed by atoms with E-state index in [4.69, 9.17) is 14.2 Å². The van der Waals surface area contributed by atoms with Crippen LogP contribution in [0.15, 0.2) is 36.7 Å². The standard InChI is InChI=1S/C32H50N2O3/c1-3-5-7-9-10-11-12-13-15-27-25-33-32(34-26-27)28-17-19-29(20-18-28)36-31(16-14-8-6-4-2)37-30-21-23-35-24-22-30/h17-20,25-26,30-31H,3-16,21-24H2,1-2H3. The molecule has 5 nitrogen and oxygen atoms in total. The smallest absolute Gasteiger partial charge is 0.200 e. The minimum absolute atomic E-state index is 0.210. The molecule has 1 atom stereocenters. The monoisotopic (exact) mass is 510 g/mol. The van der Waals surface area contributed by atoms with Gasteiger partial charge in [0, 0.05) is 37.6 Å². The number of nitrogens with zero attached hydrogens (tertiary/aromatic N) is 2. The second kappa shape index (κ2) is 18.3. The number of benzene rings is 1. The SMILES string of the molecule is CCCCCCCCCCc1cnc(-c2ccc(OC(CCCCCC)OC3CCOCC3)cc2)nc1. The van der Waals surface area contributed by atoms with Gasteiger partial charge in [-0.2, -0.15) is 0 Å². The molecule has 2 aromatic rings. The molecule has 1 saturated heterocycles. The molecule has 0 N–H and O–H groups in total. The summed E-state index contributed by atoms with van der Waals surface area (Å²) in [4.78, 5) is 9.27. The quantitative estimate of drug-likeness (QED) is 0.140. The van der Waals surface area contributed by atoms with Gasteiger partial charge in [0.25, 0.3) is 0 Å². The van der Waals surface area contributed by atoms with E-state index in [9.17, 15) is 0 Å². The molecule has 0 spiro atoms. The predicted octanol–water partition coefficient (Wildman–Crippen LogP) is 8.70. The van der Waals surface area contributed by atoms with E-state index >= 15 is 0 Å². The molecule has 206 valence electrons. The lowest BCUT2D eigenvalue weighted by Gasteiger charge is -2.28. The van der Waals surface area contributed by atoms with Gasteiger partial charge in [-0.05, 0) is 61.9 Å². The van der Waals surface area contributed by atoms with Gasteiger partial charge >= 0.3 is 0 Å². The zero-order valence-electron chi connectivity index (χ0n) is 23.5. The summed E-state index contributed by atoms with van der Waals surface area (Å²) in [5.74, 6) is 1.60. The van der Waals surface area contributed by atoms with E-state index in [0.717, 1.165) is 62.5 Å². The maximum absolute atomic E-state index is 6.35. The Labute approximate surface area is 225 Å². The topological polar surface area (TPSA) is 53.5 Å². The number of aromatic nitrogens is 2. The highest BCUT2D eigenvalue weighted by Gasteiger charge is 2.21. The van der Waals surface area contributed by atoms with Crippen LogP contribution in [0.5, 0.6) is 5.75 Å². The van der Waals surface area contributed by atoms with E-state index in [1.807, 2.05) is 36.7 Å². The van der Waals surface area contributed by atoms with Gasteiger partial charge in [0.05, 0.1) is 6.10 Å². The van der Waals surface area contributed by atoms with E-state index in [0.29, 0.717) is 0 Å². The van der Waals surface area contributed by atoms with Gasteiger partial charge in [-0.15, -0.1) is 0 Å². The molecule has 0 aliphatic carbocycles. The largest absolute Gasteiger partial charge is 0.465 e. The fourth-order valence-electron chi connectivity index (χ4n) is 4.85. The number of hydrogen-bond acceptors (Lipinski definition) is 5. The lowest BCUT2D eigenvalue weighted by atomic mass is 10.1. The first-order chi connectivity index (χ1) is 18.3. The molecular formula is C32H50N2O3. The lowest BCUT2D eigenvalue weighted by Crippen LogP contribution is -2.31. The number of rotatable bonds is 19. The van der Waals surface area contributed by atoms with E-state index < -0.39 is 0 Å². The van der Waals surface area contributed by atoms with Crippen molar-refractivity contribution in [3.8, 4) is 17.1 Å². The molecular weight excluding hydrogens is 460 g/mol. The van der Waals surface area contributed by atoms with Gasteiger partial charge in [0.1, 0.15) is 5.75 Å². The highest BCUT2D eigenvalue weighted by atomic mass is 16.7. The molecule has 5 heteroatoms. The van der Waals surface area contributed by atoms with Crippen molar-refractivity contribution in [2.45, 2.75) is 129 Å². The van der Waals surface area contributed by atoms with Crippen LogP contribution in [0, 0.1) is 0 Å². The Hall–Kier alpha value is -1.98. The summed E-state index contributed by atoms with van der Waals surface area (Å²) in [5.41, 5.74) is 2.24. The minimum Gasteiger partial charge on any atom is -0.465 e. The number of unbranched alkanes of at least 4 members (excludes halogenated alkanes) is 10. The Morgan fingerprint density at radius 2 is 1.38 bits per heavy atom. The molecule has 1 aromatic carbocycles. The Kier molecular flexibility index (Phi) is 14.6. The molecule has 2 heterocycles. The van der Waals surface area contributed by atoms with Crippen molar-refractivity contribution in [2.75, 3.05) is 13.2 Å². The van der Waals surface area contributed by atoms with E-state index in [1.165, 1.54) is 76.2 Å². The van der Waals surface area contributed by atoms with Gasteiger partial charge < -0.3 is 14.2 Å². The van der Waals surface area contributed by atoms with Crippen molar-refractivity contribution in [3.05, 3.63) is 42.2 Å². The van der Waals surface area contributed by atoms with Crippen LogP contribution in [0.25, 0.3) is 11.4 Å². The highest BCUT2D eigenvalue weighted by molar-refractivity contribution is 5.55. The van der Waals surface area contributed by atoms with Crippen LogP contribution < -0.4 is 4.74 Å². The highest BCUT2D eigenvalue weighted by Crippen LogP contribution is 2.24. The Balaban J connectivity index is 1.44. The average molecular weight is 511 g/mol. The van der Waals surface area contributed by atoms with Crippen LogP contribution in [0.3, 0.4) is 0 Å². The van der Waals surface area contributed by atoms with Gasteiger partial charge in [-0.3, -0.25) is 0 Å². The van der Waals surface area contributed by atoms with Crippen molar-refractivity contribution >= 4 is 0 Å². The molecule has 1 aliphatic rings. The third-order valence-corrected chi connectivity index (χ3v) is 7.21. The molecule has 1 aromatic heterocycles. The molecule has 0 amide bonds. The second-order valence-corrected chi connectivity index (χ2v) is 10.5. The fourth-order valence-corrected chi connectivity index (χ4v) is 4.85. The summed E-state index contributed by atoms with van der Waals surface area (Å²) < 4.78 is 18.1. The summed E-state index contributed by atoms with van der Waals surface area (Å²) in [5, 5.41) is 0. The molecule has 1 unspecified atom stereocenters. The van der Waals surface area contributed by atoms with E-state index in [2.05, 4.69) is 23.8 Å². The molecule has 0 bridgehead atoms. The lowest BCUT2D eigenvalue weighted by molar-refractivity contribution is -0.146. The zero-order chi connectivity index (χ0) is 26.0. The van der Waals surface area contributed by atoms with E-state index in [-0.39, 0.29) is 12.4 Å². The Bertz CT molecular complexity index is 819. The molecule has 1 fully saturated rings. The van der Waals surface area contributed by atoms with Crippen molar-refractivity contribution in [2.24, 2.45) is 0 Å². The summed E-state index contributed by atoms with van der Waals surface area (Å²) in [6.07, 6.45) is 23.4. The molecule has 0 saturated carbocycles. The van der Waals surface area contributed by atoms with Crippen molar-refractivity contribution in [3.63, 3.8) is 0 Å². The van der Waals surface area contributed by atoms with E-state index in [1.54, 1.807) is 0 Å². The summed E-state index contributed by atoms with van der Waals surface area (Å²) in [6.45, 7) is 6.07. The first kappa shape index (κ1) is 29.6. The third-order valence-electron chi connectivity index (χ3n) is 7.21. The van der Waals surface area contributed by atoms with Gasteiger partial charge in [0.15, 0.2) is 12.1 Å². The summed E-state index contributed by atoms with van der Waals surface area (Å²) >= 11 is 0. The predicted molar refractivity (Wildman–Crippen MR) is 152 cm³/mol. The molecule has 3 rings (SSSR count). The average Bonchev–Trinajstić information content (AvgIpc) is 2.94. The van der Waals surface area contributed by atoms with Gasteiger partial charge in [-0.25, -0.2) is 9.97 Å². The third kappa shape index (κ3) is 12.0.